The van der Waals surface area contributed by atoms with Crippen LogP contribution in [0.4, 0.5) is 0 Å². The monoisotopic (exact) mass is 353 g/mol. The quantitative estimate of drug-likeness (QED) is 0.780. The van der Waals surface area contributed by atoms with Gasteiger partial charge < -0.3 is 4.90 Å². The average molecular weight is 353 g/mol. The van der Waals surface area contributed by atoms with Crippen molar-refractivity contribution in [2.45, 2.75) is 26.2 Å². The average Bonchev–Trinajstić information content (AvgIpc) is 2.59. The van der Waals surface area contributed by atoms with Gasteiger partial charge in [0, 0.05) is 45.8 Å². The standard InChI is InChI=1S/C17H27N3O3S/c1-4-5-6-15-7-9-16(10-8-15)17(21)19-11-13-20(14-12-19)24(22,23)18(2)3/h7-10H,4-6,11-14H2,1-3H3. The van der Waals surface area contributed by atoms with Crippen molar-refractivity contribution in [1.82, 2.24) is 13.5 Å². The zero-order valence-electron chi connectivity index (χ0n) is 14.7. The highest BCUT2D eigenvalue weighted by Crippen LogP contribution is 2.14. The van der Waals surface area contributed by atoms with Gasteiger partial charge >= 0.3 is 0 Å². The van der Waals surface area contributed by atoms with Gasteiger partial charge in [0.25, 0.3) is 16.1 Å². The number of hydrogen-bond donors (Lipinski definition) is 0. The molecule has 1 amide bonds. The maximum Gasteiger partial charge on any atom is 0.281 e. The van der Waals surface area contributed by atoms with E-state index in [9.17, 15) is 13.2 Å². The number of carbonyl (C=O) groups is 1. The topological polar surface area (TPSA) is 60.9 Å². The Morgan fingerprint density at radius 1 is 1.08 bits per heavy atom. The first-order valence-electron chi connectivity index (χ1n) is 8.42. The number of nitrogens with zero attached hydrogens (tertiary/aromatic N) is 3. The Bertz CT molecular complexity index is 648. The molecular weight excluding hydrogens is 326 g/mol. The molecule has 1 aromatic rings. The molecule has 0 N–H and O–H groups in total. The van der Waals surface area contributed by atoms with E-state index in [1.54, 1.807) is 4.90 Å². The van der Waals surface area contributed by atoms with E-state index in [0.29, 0.717) is 31.7 Å². The summed E-state index contributed by atoms with van der Waals surface area (Å²) in [5.74, 6) is -0.0288. The lowest BCUT2D eigenvalue weighted by Gasteiger charge is -2.35. The van der Waals surface area contributed by atoms with Crippen LogP contribution in [0.3, 0.4) is 0 Å². The summed E-state index contributed by atoms with van der Waals surface area (Å²) in [4.78, 5) is 14.3. The normalized spacial score (nSPS) is 16.6. The van der Waals surface area contributed by atoms with Gasteiger partial charge in [-0.1, -0.05) is 25.5 Å². The Kier molecular flexibility index (Phi) is 6.37. The van der Waals surface area contributed by atoms with Crippen LogP contribution < -0.4 is 0 Å². The van der Waals surface area contributed by atoms with Crippen LogP contribution in [0.1, 0.15) is 35.7 Å². The highest BCUT2D eigenvalue weighted by Gasteiger charge is 2.30. The van der Waals surface area contributed by atoms with Crippen molar-refractivity contribution in [2.24, 2.45) is 0 Å². The minimum atomic E-state index is -3.40. The van der Waals surface area contributed by atoms with Crippen LogP contribution in [-0.2, 0) is 16.6 Å². The van der Waals surface area contributed by atoms with Gasteiger partial charge in [-0.05, 0) is 30.5 Å². The summed E-state index contributed by atoms with van der Waals surface area (Å²) < 4.78 is 26.8. The zero-order valence-corrected chi connectivity index (χ0v) is 15.6. The molecule has 0 aromatic heterocycles. The van der Waals surface area contributed by atoms with Gasteiger partial charge in [0.05, 0.1) is 0 Å². The fourth-order valence-corrected chi connectivity index (χ4v) is 3.82. The fraction of sp³-hybridized carbons (Fsp3) is 0.588. The molecule has 24 heavy (non-hydrogen) atoms. The number of unbranched alkanes of at least 4 members (excludes halogenated alkanes) is 1. The Labute approximate surface area is 145 Å². The minimum absolute atomic E-state index is 0.0288. The number of rotatable bonds is 6. The second kappa shape index (κ2) is 8.09. The molecule has 0 saturated carbocycles. The van der Waals surface area contributed by atoms with E-state index in [2.05, 4.69) is 6.92 Å². The summed E-state index contributed by atoms with van der Waals surface area (Å²) in [6, 6.07) is 7.76. The third-order valence-electron chi connectivity index (χ3n) is 4.33. The Morgan fingerprint density at radius 2 is 1.67 bits per heavy atom. The summed E-state index contributed by atoms with van der Waals surface area (Å²) >= 11 is 0. The molecule has 7 heteroatoms. The summed E-state index contributed by atoms with van der Waals surface area (Å²) in [7, 11) is -0.358. The molecule has 0 unspecified atom stereocenters. The molecule has 134 valence electrons. The van der Waals surface area contributed by atoms with E-state index in [4.69, 9.17) is 0 Å². The first kappa shape index (κ1) is 18.9. The highest BCUT2D eigenvalue weighted by molar-refractivity contribution is 7.86. The SMILES string of the molecule is CCCCc1ccc(C(=O)N2CCN(S(=O)(=O)N(C)C)CC2)cc1. The van der Waals surface area contributed by atoms with Gasteiger partial charge in [0.2, 0.25) is 0 Å². The van der Waals surface area contributed by atoms with Crippen LogP contribution in [0, 0.1) is 0 Å². The van der Waals surface area contributed by atoms with E-state index < -0.39 is 10.2 Å². The largest absolute Gasteiger partial charge is 0.336 e. The van der Waals surface area contributed by atoms with Crippen LogP contribution >= 0.6 is 0 Å². The van der Waals surface area contributed by atoms with Crippen molar-refractivity contribution in [2.75, 3.05) is 40.3 Å². The van der Waals surface area contributed by atoms with Crippen molar-refractivity contribution in [3.63, 3.8) is 0 Å². The maximum atomic E-state index is 12.6. The second-order valence-electron chi connectivity index (χ2n) is 6.28. The van der Waals surface area contributed by atoms with Gasteiger partial charge in [-0.25, -0.2) is 0 Å². The van der Waals surface area contributed by atoms with E-state index in [-0.39, 0.29) is 5.91 Å². The summed E-state index contributed by atoms with van der Waals surface area (Å²) in [6.07, 6.45) is 3.34. The molecule has 1 aliphatic rings. The fourth-order valence-electron chi connectivity index (χ4n) is 2.73. The van der Waals surface area contributed by atoms with Gasteiger partial charge in [0.1, 0.15) is 0 Å². The smallest absolute Gasteiger partial charge is 0.281 e. The van der Waals surface area contributed by atoms with E-state index in [1.807, 2.05) is 24.3 Å². The molecule has 0 spiro atoms. The third-order valence-corrected chi connectivity index (χ3v) is 6.27. The molecule has 0 bridgehead atoms. The number of benzene rings is 1. The number of piperazine rings is 1. The number of hydrogen-bond acceptors (Lipinski definition) is 3. The molecule has 0 atom stereocenters. The molecule has 0 radical (unpaired) electrons. The molecule has 1 aromatic carbocycles. The molecule has 1 aliphatic heterocycles. The third kappa shape index (κ3) is 4.34. The van der Waals surface area contributed by atoms with Crippen LogP contribution in [0.5, 0.6) is 0 Å². The molecule has 1 heterocycles. The minimum Gasteiger partial charge on any atom is -0.336 e. The molecule has 2 rings (SSSR count). The molecular formula is C17H27N3O3S. The van der Waals surface area contributed by atoms with Gasteiger partial charge in [0.15, 0.2) is 0 Å². The van der Waals surface area contributed by atoms with Gasteiger partial charge in [-0.2, -0.15) is 17.0 Å². The van der Waals surface area contributed by atoms with Crippen LogP contribution in [0.15, 0.2) is 24.3 Å². The molecule has 1 fully saturated rings. The zero-order chi connectivity index (χ0) is 17.7. The Morgan fingerprint density at radius 3 is 2.17 bits per heavy atom. The molecule has 0 aliphatic carbocycles. The first-order valence-corrected chi connectivity index (χ1v) is 9.81. The van der Waals surface area contributed by atoms with Crippen LogP contribution in [0.25, 0.3) is 0 Å². The van der Waals surface area contributed by atoms with E-state index in [0.717, 1.165) is 19.3 Å². The van der Waals surface area contributed by atoms with E-state index >= 15 is 0 Å². The van der Waals surface area contributed by atoms with Crippen molar-refractivity contribution in [3.8, 4) is 0 Å². The van der Waals surface area contributed by atoms with Crippen molar-refractivity contribution < 1.29 is 13.2 Å². The van der Waals surface area contributed by atoms with Crippen molar-refractivity contribution in [1.29, 1.82) is 0 Å². The summed E-state index contributed by atoms with van der Waals surface area (Å²) in [5, 5.41) is 0. The van der Waals surface area contributed by atoms with Crippen LogP contribution in [0.2, 0.25) is 0 Å². The predicted octanol–water partition coefficient (Wildman–Crippen LogP) is 1.59. The lowest BCUT2D eigenvalue weighted by Crippen LogP contribution is -2.53. The number of aryl methyl sites for hydroxylation is 1. The number of carbonyl (C=O) groups excluding carboxylic acids is 1. The predicted molar refractivity (Wildman–Crippen MR) is 95.1 cm³/mol. The summed E-state index contributed by atoms with van der Waals surface area (Å²) in [6.45, 7) is 3.67. The lowest BCUT2D eigenvalue weighted by atomic mass is 10.1. The molecule has 6 nitrogen and oxygen atoms in total. The van der Waals surface area contributed by atoms with E-state index in [1.165, 1.54) is 28.3 Å². The highest BCUT2D eigenvalue weighted by atomic mass is 32.2. The Hall–Kier alpha value is -1.44. The number of amides is 1. The van der Waals surface area contributed by atoms with Crippen molar-refractivity contribution >= 4 is 16.1 Å². The first-order chi connectivity index (χ1) is 11.4. The summed E-state index contributed by atoms with van der Waals surface area (Å²) in [5.41, 5.74) is 1.91. The van der Waals surface area contributed by atoms with Crippen LogP contribution in [-0.4, -0.2) is 68.1 Å². The lowest BCUT2D eigenvalue weighted by molar-refractivity contribution is 0.0695. The van der Waals surface area contributed by atoms with Gasteiger partial charge in [-0.15, -0.1) is 0 Å². The Balaban J connectivity index is 1.95. The second-order valence-corrected chi connectivity index (χ2v) is 8.42. The van der Waals surface area contributed by atoms with Gasteiger partial charge in [-0.3, -0.25) is 4.79 Å². The maximum absolute atomic E-state index is 12.6. The molecule has 1 saturated heterocycles. The van der Waals surface area contributed by atoms with Crippen molar-refractivity contribution in [3.05, 3.63) is 35.4 Å².